The molecule has 0 bridgehead atoms. The molecule has 1 aromatic carbocycles. The number of fused-ring (bicyclic) bond motifs is 1. The number of nitrogens with zero attached hydrogens (tertiary/aromatic N) is 3. The Bertz CT molecular complexity index is 569. The second-order valence-electron chi connectivity index (χ2n) is 3.77. The number of anilines is 2. The van der Waals surface area contributed by atoms with Gasteiger partial charge in [-0.3, -0.25) is 0 Å². The van der Waals surface area contributed by atoms with Gasteiger partial charge in [0.15, 0.2) is 23.4 Å². The van der Waals surface area contributed by atoms with Gasteiger partial charge in [-0.1, -0.05) is 12.1 Å². The lowest BCUT2D eigenvalue weighted by molar-refractivity contribution is 0.0851. The van der Waals surface area contributed by atoms with Crippen LogP contribution in [0.15, 0.2) is 24.3 Å². The standard InChI is InChI=1S/C11H11N5O2/c12-10-14-9(15-11(13)16-10)8-5-17-6-3-1-2-4-7(6)18-8/h1-4,8H,5H2,(H4,12,13,14,15,16). The highest BCUT2D eigenvalue weighted by molar-refractivity contribution is 5.41. The largest absolute Gasteiger partial charge is 0.485 e. The van der Waals surface area contributed by atoms with Crippen molar-refractivity contribution in [1.29, 1.82) is 0 Å². The van der Waals surface area contributed by atoms with Crippen molar-refractivity contribution in [3.63, 3.8) is 0 Å². The first-order chi connectivity index (χ1) is 8.72. The topological polar surface area (TPSA) is 109 Å². The Labute approximate surface area is 103 Å². The molecule has 92 valence electrons. The number of aromatic nitrogens is 3. The predicted molar refractivity (Wildman–Crippen MR) is 64.0 cm³/mol. The van der Waals surface area contributed by atoms with Crippen LogP contribution in [0.3, 0.4) is 0 Å². The molecule has 3 rings (SSSR count). The molecule has 1 atom stereocenters. The first-order valence-electron chi connectivity index (χ1n) is 5.38. The van der Waals surface area contributed by atoms with Gasteiger partial charge in [-0.05, 0) is 12.1 Å². The van der Waals surface area contributed by atoms with Crippen LogP contribution < -0.4 is 20.9 Å². The molecule has 2 heterocycles. The van der Waals surface area contributed by atoms with E-state index in [2.05, 4.69) is 15.0 Å². The van der Waals surface area contributed by atoms with Gasteiger partial charge in [0.2, 0.25) is 11.9 Å². The summed E-state index contributed by atoms with van der Waals surface area (Å²) in [4.78, 5) is 11.7. The zero-order chi connectivity index (χ0) is 12.5. The van der Waals surface area contributed by atoms with Crippen LogP contribution in [0.25, 0.3) is 0 Å². The average molecular weight is 245 g/mol. The molecule has 1 unspecified atom stereocenters. The monoisotopic (exact) mass is 245 g/mol. The Hall–Kier alpha value is -2.57. The van der Waals surface area contributed by atoms with Crippen molar-refractivity contribution < 1.29 is 9.47 Å². The van der Waals surface area contributed by atoms with Crippen molar-refractivity contribution in [2.24, 2.45) is 0 Å². The van der Waals surface area contributed by atoms with E-state index in [1.807, 2.05) is 24.3 Å². The predicted octanol–water partition coefficient (Wildman–Crippen LogP) is 0.548. The van der Waals surface area contributed by atoms with E-state index in [9.17, 15) is 0 Å². The summed E-state index contributed by atoms with van der Waals surface area (Å²) in [5.74, 6) is 1.85. The zero-order valence-electron chi connectivity index (χ0n) is 9.41. The fourth-order valence-corrected chi connectivity index (χ4v) is 1.72. The van der Waals surface area contributed by atoms with Crippen LogP contribution in [0.1, 0.15) is 11.9 Å². The number of hydrogen-bond donors (Lipinski definition) is 2. The van der Waals surface area contributed by atoms with Crippen LogP contribution >= 0.6 is 0 Å². The molecule has 0 radical (unpaired) electrons. The van der Waals surface area contributed by atoms with Crippen LogP contribution in [0.5, 0.6) is 11.5 Å². The van der Waals surface area contributed by atoms with E-state index in [0.29, 0.717) is 23.9 Å². The average Bonchev–Trinajstić information content (AvgIpc) is 2.37. The van der Waals surface area contributed by atoms with Crippen LogP contribution in [0.4, 0.5) is 11.9 Å². The maximum Gasteiger partial charge on any atom is 0.225 e. The number of nitrogen functional groups attached to an aromatic ring is 2. The SMILES string of the molecule is Nc1nc(N)nc(C2COc3ccccc3O2)n1. The third-order valence-electron chi connectivity index (χ3n) is 2.48. The Morgan fingerprint density at radius 2 is 1.67 bits per heavy atom. The smallest absolute Gasteiger partial charge is 0.225 e. The van der Waals surface area contributed by atoms with Crippen molar-refractivity contribution in [2.75, 3.05) is 18.1 Å². The quantitative estimate of drug-likeness (QED) is 0.754. The molecule has 7 nitrogen and oxygen atoms in total. The summed E-state index contributed by atoms with van der Waals surface area (Å²) >= 11 is 0. The number of nitrogens with two attached hydrogens (primary N) is 2. The van der Waals surface area contributed by atoms with Gasteiger partial charge in [-0.25, -0.2) is 0 Å². The van der Waals surface area contributed by atoms with E-state index in [1.165, 1.54) is 0 Å². The van der Waals surface area contributed by atoms with Gasteiger partial charge in [0.1, 0.15) is 6.61 Å². The minimum absolute atomic E-state index is 0.0694. The van der Waals surface area contributed by atoms with Crippen LogP contribution in [-0.4, -0.2) is 21.6 Å². The summed E-state index contributed by atoms with van der Waals surface area (Å²) in [7, 11) is 0. The zero-order valence-corrected chi connectivity index (χ0v) is 9.41. The van der Waals surface area contributed by atoms with E-state index in [-0.39, 0.29) is 11.9 Å². The van der Waals surface area contributed by atoms with Crippen molar-refractivity contribution in [1.82, 2.24) is 15.0 Å². The van der Waals surface area contributed by atoms with Crippen LogP contribution in [0.2, 0.25) is 0 Å². The Balaban J connectivity index is 1.91. The molecule has 0 aliphatic carbocycles. The molecule has 1 aromatic heterocycles. The number of para-hydroxylation sites is 2. The first-order valence-corrected chi connectivity index (χ1v) is 5.38. The van der Waals surface area contributed by atoms with Gasteiger partial charge in [-0.15, -0.1) is 0 Å². The van der Waals surface area contributed by atoms with E-state index >= 15 is 0 Å². The third-order valence-corrected chi connectivity index (χ3v) is 2.48. The Morgan fingerprint density at radius 3 is 2.39 bits per heavy atom. The first kappa shape index (κ1) is 10.6. The molecule has 0 amide bonds. The molecule has 1 aliphatic heterocycles. The highest BCUT2D eigenvalue weighted by atomic mass is 16.6. The van der Waals surface area contributed by atoms with Crippen molar-refractivity contribution in [2.45, 2.75) is 6.10 Å². The summed E-state index contributed by atoms with van der Waals surface area (Å²) in [6, 6.07) is 7.39. The highest BCUT2D eigenvalue weighted by Crippen LogP contribution is 2.34. The van der Waals surface area contributed by atoms with E-state index in [0.717, 1.165) is 0 Å². The number of benzene rings is 1. The molecule has 0 fully saturated rings. The van der Waals surface area contributed by atoms with Gasteiger partial charge in [0, 0.05) is 0 Å². The molecule has 4 N–H and O–H groups in total. The van der Waals surface area contributed by atoms with Crippen LogP contribution in [0, 0.1) is 0 Å². The molecule has 0 saturated carbocycles. The third kappa shape index (κ3) is 1.86. The van der Waals surface area contributed by atoms with E-state index < -0.39 is 6.10 Å². The number of hydrogen-bond acceptors (Lipinski definition) is 7. The molecule has 0 spiro atoms. The van der Waals surface area contributed by atoms with Gasteiger partial charge in [0.05, 0.1) is 0 Å². The van der Waals surface area contributed by atoms with Crippen molar-refractivity contribution in [3.05, 3.63) is 30.1 Å². The number of ether oxygens (including phenoxy) is 2. The van der Waals surface area contributed by atoms with E-state index in [4.69, 9.17) is 20.9 Å². The summed E-state index contributed by atoms with van der Waals surface area (Å²) in [5.41, 5.74) is 11.0. The van der Waals surface area contributed by atoms with Crippen molar-refractivity contribution >= 4 is 11.9 Å². The summed E-state index contributed by atoms with van der Waals surface area (Å²) in [6.45, 7) is 0.305. The highest BCUT2D eigenvalue weighted by Gasteiger charge is 2.25. The lowest BCUT2D eigenvalue weighted by Crippen LogP contribution is -2.24. The van der Waals surface area contributed by atoms with Gasteiger partial charge in [0.25, 0.3) is 0 Å². The molecule has 7 heteroatoms. The second kappa shape index (κ2) is 4.02. The lowest BCUT2D eigenvalue weighted by Gasteiger charge is -2.25. The Morgan fingerprint density at radius 1 is 1.00 bits per heavy atom. The second-order valence-corrected chi connectivity index (χ2v) is 3.77. The molecular formula is C11H11N5O2. The molecule has 0 saturated heterocycles. The van der Waals surface area contributed by atoms with Gasteiger partial charge >= 0.3 is 0 Å². The minimum Gasteiger partial charge on any atom is -0.485 e. The Kier molecular flexibility index (Phi) is 2.36. The summed E-state index contributed by atoms with van der Waals surface area (Å²) < 4.78 is 11.3. The fraction of sp³-hybridized carbons (Fsp3) is 0.182. The number of rotatable bonds is 1. The molecular weight excluding hydrogens is 234 g/mol. The fourth-order valence-electron chi connectivity index (χ4n) is 1.72. The van der Waals surface area contributed by atoms with Crippen LogP contribution in [-0.2, 0) is 0 Å². The molecule has 2 aromatic rings. The summed E-state index contributed by atoms with van der Waals surface area (Å²) in [6.07, 6.45) is -0.438. The maximum atomic E-state index is 5.74. The molecule has 18 heavy (non-hydrogen) atoms. The van der Waals surface area contributed by atoms with Gasteiger partial charge in [-0.2, -0.15) is 15.0 Å². The minimum atomic E-state index is -0.438. The lowest BCUT2D eigenvalue weighted by atomic mass is 10.2. The van der Waals surface area contributed by atoms with Crippen molar-refractivity contribution in [3.8, 4) is 11.5 Å². The maximum absolute atomic E-state index is 5.74. The normalized spacial score (nSPS) is 17.4. The van der Waals surface area contributed by atoms with E-state index in [1.54, 1.807) is 0 Å². The molecule has 1 aliphatic rings. The van der Waals surface area contributed by atoms with Gasteiger partial charge < -0.3 is 20.9 Å². The summed E-state index contributed by atoms with van der Waals surface area (Å²) in [5, 5.41) is 0.